The van der Waals surface area contributed by atoms with Crippen LogP contribution in [-0.4, -0.2) is 11.0 Å². The Labute approximate surface area is 111 Å². The van der Waals surface area contributed by atoms with Crippen LogP contribution < -0.4 is 5.32 Å². The normalized spacial score (nSPS) is 17.2. The number of hydrogen-bond acceptors (Lipinski definition) is 3. The Bertz CT molecular complexity index is 447. The fraction of sp³-hybridized carbons (Fsp3) is 0.538. The van der Waals surface area contributed by atoms with Crippen LogP contribution in [0, 0.1) is 16.0 Å². The van der Waals surface area contributed by atoms with E-state index in [1.165, 1.54) is 25.3 Å². The van der Waals surface area contributed by atoms with E-state index in [1.54, 1.807) is 12.1 Å². The van der Waals surface area contributed by atoms with Crippen molar-refractivity contribution in [1.29, 1.82) is 0 Å². The Morgan fingerprint density at radius 2 is 2.28 bits per heavy atom. The molecule has 0 heterocycles. The molecule has 98 valence electrons. The molecule has 0 amide bonds. The second-order valence-corrected chi connectivity index (χ2v) is 5.33. The van der Waals surface area contributed by atoms with E-state index in [-0.39, 0.29) is 10.6 Å². The van der Waals surface area contributed by atoms with Gasteiger partial charge in [-0.3, -0.25) is 10.1 Å². The minimum Gasteiger partial charge on any atom is -0.310 e. The summed E-state index contributed by atoms with van der Waals surface area (Å²) in [7, 11) is 0. The third-order valence-electron chi connectivity index (χ3n) is 3.71. The summed E-state index contributed by atoms with van der Waals surface area (Å²) in [6.07, 6.45) is 3.81. The lowest BCUT2D eigenvalue weighted by Crippen LogP contribution is -2.36. The molecule has 1 aliphatic carbocycles. The SMILES string of the molecule is CC(NCc1cc(Cl)ccc1[N+](=O)[O-])C1CCC1. The highest BCUT2D eigenvalue weighted by Gasteiger charge is 2.24. The third kappa shape index (κ3) is 3.00. The standard InChI is InChI=1S/C13H17ClN2O2/c1-9(10-3-2-4-10)15-8-11-7-12(14)5-6-13(11)16(17)18/h5-7,9-10,15H,2-4,8H2,1H3. The number of rotatable bonds is 5. The van der Waals surface area contributed by atoms with Gasteiger partial charge in [-0.2, -0.15) is 0 Å². The number of nitro benzene ring substituents is 1. The van der Waals surface area contributed by atoms with E-state index >= 15 is 0 Å². The molecule has 5 heteroatoms. The summed E-state index contributed by atoms with van der Waals surface area (Å²) < 4.78 is 0. The first-order chi connectivity index (χ1) is 8.58. The minimum absolute atomic E-state index is 0.132. The van der Waals surface area contributed by atoms with E-state index < -0.39 is 0 Å². The first-order valence-corrected chi connectivity index (χ1v) is 6.62. The molecule has 1 aromatic carbocycles. The molecule has 1 atom stereocenters. The zero-order valence-corrected chi connectivity index (χ0v) is 11.1. The summed E-state index contributed by atoms with van der Waals surface area (Å²) >= 11 is 5.89. The Morgan fingerprint density at radius 3 is 2.83 bits per heavy atom. The Hall–Kier alpha value is -1.13. The molecule has 0 aliphatic heterocycles. The van der Waals surface area contributed by atoms with Crippen molar-refractivity contribution >= 4 is 17.3 Å². The van der Waals surface area contributed by atoms with Crippen molar-refractivity contribution in [3.63, 3.8) is 0 Å². The molecule has 1 fully saturated rings. The Kier molecular flexibility index (Phi) is 4.19. The minimum atomic E-state index is -0.360. The van der Waals surface area contributed by atoms with Gasteiger partial charge in [-0.15, -0.1) is 0 Å². The molecule has 0 radical (unpaired) electrons. The van der Waals surface area contributed by atoms with Crippen LogP contribution in [0.1, 0.15) is 31.7 Å². The van der Waals surface area contributed by atoms with E-state index in [4.69, 9.17) is 11.6 Å². The van der Waals surface area contributed by atoms with Crippen LogP contribution in [0.4, 0.5) is 5.69 Å². The summed E-state index contributed by atoms with van der Waals surface area (Å²) in [6, 6.07) is 5.09. The lowest BCUT2D eigenvalue weighted by Gasteiger charge is -2.32. The summed E-state index contributed by atoms with van der Waals surface area (Å²) in [5, 5.41) is 14.8. The predicted octanol–water partition coefficient (Wildman–Crippen LogP) is 3.53. The highest BCUT2D eigenvalue weighted by Crippen LogP contribution is 2.30. The van der Waals surface area contributed by atoms with Crippen molar-refractivity contribution in [1.82, 2.24) is 5.32 Å². The molecule has 0 saturated heterocycles. The van der Waals surface area contributed by atoms with E-state index in [2.05, 4.69) is 12.2 Å². The first-order valence-electron chi connectivity index (χ1n) is 6.24. The summed E-state index contributed by atoms with van der Waals surface area (Å²) in [6.45, 7) is 2.63. The zero-order valence-electron chi connectivity index (χ0n) is 10.4. The van der Waals surface area contributed by atoms with Gasteiger partial charge < -0.3 is 5.32 Å². The number of hydrogen-bond donors (Lipinski definition) is 1. The van der Waals surface area contributed by atoms with Crippen LogP contribution in [0.2, 0.25) is 5.02 Å². The van der Waals surface area contributed by atoms with Crippen molar-refractivity contribution in [2.45, 2.75) is 38.8 Å². The van der Waals surface area contributed by atoms with Gasteiger partial charge in [0.15, 0.2) is 0 Å². The fourth-order valence-corrected chi connectivity index (χ4v) is 2.45. The second-order valence-electron chi connectivity index (χ2n) is 4.89. The largest absolute Gasteiger partial charge is 0.310 e. The number of halogens is 1. The van der Waals surface area contributed by atoms with Crippen LogP contribution in [0.15, 0.2) is 18.2 Å². The molecule has 1 unspecified atom stereocenters. The molecule has 0 bridgehead atoms. The number of nitro groups is 1. The van der Waals surface area contributed by atoms with E-state index in [0.717, 1.165) is 0 Å². The van der Waals surface area contributed by atoms with Gasteiger partial charge in [-0.25, -0.2) is 0 Å². The van der Waals surface area contributed by atoms with Gasteiger partial charge in [0.2, 0.25) is 0 Å². The lowest BCUT2D eigenvalue weighted by atomic mass is 9.80. The van der Waals surface area contributed by atoms with E-state index in [0.29, 0.717) is 29.1 Å². The van der Waals surface area contributed by atoms with E-state index in [1.807, 2.05) is 0 Å². The maximum absolute atomic E-state index is 10.9. The Balaban J connectivity index is 2.02. The molecule has 2 rings (SSSR count). The van der Waals surface area contributed by atoms with Crippen LogP contribution in [0.5, 0.6) is 0 Å². The monoisotopic (exact) mass is 268 g/mol. The van der Waals surface area contributed by atoms with Crippen molar-refractivity contribution in [3.05, 3.63) is 38.9 Å². The third-order valence-corrected chi connectivity index (χ3v) is 3.94. The predicted molar refractivity (Wildman–Crippen MR) is 71.7 cm³/mol. The topological polar surface area (TPSA) is 55.2 Å². The van der Waals surface area contributed by atoms with Gasteiger partial charge in [-0.1, -0.05) is 18.0 Å². The Morgan fingerprint density at radius 1 is 1.56 bits per heavy atom. The maximum Gasteiger partial charge on any atom is 0.273 e. The molecule has 18 heavy (non-hydrogen) atoms. The van der Waals surface area contributed by atoms with Gasteiger partial charge >= 0.3 is 0 Å². The molecular formula is C13H17ClN2O2. The fourth-order valence-electron chi connectivity index (χ4n) is 2.25. The van der Waals surface area contributed by atoms with Crippen molar-refractivity contribution in [3.8, 4) is 0 Å². The van der Waals surface area contributed by atoms with Crippen LogP contribution >= 0.6 is 11.6 Å². The molecular weight excluding hydrogens is 252 g/mol. The van der Waals surface area contributed by atoms with Crippen molar-refractivity contribution in [2.75, 3.05) is 0 Å². The average Bonchev–Trinajstić information content (AvgIpc) is 2.23. The molecule has 1 aromatic rings. The first kappa shape index (κ1) is 13.3. The van der Waals surface area contributed by atoms with Crippen LogP contribution in [0.3, 0.4) is 0 Å². The van der Waals surface area contributed by atoms with Crippen LogP contribution in [0.25, 0.3) is 0 Å². The van der Waals surface area contributed by atoms with Crippen molar-refractivity contribution in [2.24, 2.45) is 5.92 Å². The van der Waals surface area contributed by atoms with Gasteiger partial charge in [0.1, 0.15) is 0 Å². The molecule has 1 aliphatic rings. The summed E-state index contributed by atoms with van der Waals surface area (Å²) in [5.41, 5.74) is 0.784. The smallest absolute Gasteiger partial charge is 0.273 e. The summed E-state index contributed by atoms with van der Waals surface area (Å²) in [5.74, 6) is 0.711. The molecule has 1 saturated carbocycles. The van der Waals surface area contributed by atoms with Gasteiger partial charge in [0.25, 0.3) is 5.69 Å². The highest BCUT2D eigenvalue weighted by atomic mass is 35.5. The van der Waals surface area contributed by atoms with Crippen molar-refractivity contribution < 1.29 is 4.92 Å². The average molecular weight is 269 g/mol. The summed E-state index contributed by atoms with van der Waals surface area (Å²) in [4.78, 5) is 10.6. The van der Waals surface area contributed by atoms with Gasteiger partial charge in [0, 0.05) is 29.2 Å². The molecule has 4 nitrogen and oxygen atoms in total. The zero-order chi connectivity index (χ0) is 13.1. The number of nitrogens with zero attached hydrogens (tertiary/aromatic N) is 1. The molecule has 0 aromatic heterocycles. The number of benzene rings is 1. The van der Waals surface area contributed by atoms with Crippen LogP contribution in [-0.2, 0) is 6.54 Å². The highest BCUT2D eigenvalue weighted by molar-refractivity contribution is 6.30. The second kappa shape index (κ2) is 5.67. The molecule has 1 N–H and O–H groups in total. The van der Waals surface area contributed by atoms with E-state index in [9.17, 15) is 10.1 Å². The van der Waals surface area contributed by atoms with Gasteiger partial charge in [-0.05, 0) is 37.8 Å². The quantitative estimate of drug-likeness (QED) is 0.657. The number of nitrogens with one attached hydrogen (secondary N) is 1. The molecule has 0 spiro atoms. The van der Waals surface area contributed by atoms with Gasteiger partial charge in [0.05, 0.1) is 4.92 Å². The lowest BCUT2D eigenvalue weighted by molar-refractivity contribution is -0.385. The maximum atomic E-state index is 10.9.